The van der Waals surface area contributed by atoms with Crippen LogP contribution < -0.4 is 0 Å². The Morgan fingerprint density at radius 2 is 2.10 bits per heavy atom. The van der Waals surface area contributed by atoms with E-state index in [1.54, 1.807) is 0 Å². The first kappa shape index (κ1) is 10.4. The summed E-state index contributed by atoms with van der Waals surface area (Å²) < 4.78 is 0. The smallest absolute Gasteiger partial charge is 0.0963 e. The van der Waals surface area contributed by atoms with E-state index in [0.717, 1.165) is 24.6 Å². The number of halogens is 1. The highest BCUT2D eigenvalue weighted by Crippen LogP contribution is 2.12. The summed E-state index contributed by atoms with van der Waals surface area (Å²) in [6.45, 7) is 4.12. The van der Waals surface area contributed by atoms with Gasteiger partial charge in [-0.15, -0.1) is 0 Å². The molecule has 0 aliphatic heterocycles. The van der Waals surface area contributed by atoms with Crippen LogP contribution in [0.4, 0.5) is 0 Å². The number of alkyl halides is 1. The Balaban J connectivity index is 3.31. The maximum Gasteiger partial charge on any atom is 0.0963 e. The van der Waals surface area contributed by atoms with Crippen LogP contribution in [0.25, 0.3) is 0 Å². The van der Waals surface area contributed by atoms with Gasteiger partial charge in [-0.1, -0.05) is 42.6 Å². The van der Waals surface area contributed by atoms with Crippen LogP contribution in [0.5, 0.6) is 0 Å². The van der Waals surface area contributed by atoms with E-state index in [0.29, 0.717) is 0 Å². The van der Waals surface area contributed by atoms with E-state index < -0.39 is 0 Å². The third kappa shape index (κ3) is 4.29. The molecule has 0 rings (SSSR count). The van der Waals surface area contributed by atoms with Crippen LogP contribution in [-0.2, 0) is 5.11 Å². The summed E-state index contributed by atoms with van der Waals surface area (Å²) in [7, 11) is 0. The van der Waals surface area contributed by atoms with Crippen LogP contribution in [0.3, 0.4) is 0 Å². The SMILES string of the molecule is CCCCC([O])C(C)CBr. The number of hydrogen-bond acceptors (Lipinski definition) is 0. The lowest BCUT2D eigenvalue weighted by atomic mass is 10.0. The average Bonchev–Trinajstić information content (AvgIpc) is 1.98. The second-order valence-electron chi connectivity index (χ2n) is 2.81. The van der Waals surface area contributed by atoms with E-state index >= 15 is 0 Å². The first-order chi connectivity index (χ1) is 4.72. The Morgan fingerprint density at radius 3 is 2.50 bits per heavy atom. The standard InChI is InChI=1S/C8H16BrO/c1-3-4-5-8(10)7(2)6-9/h7-8H,3-6H2,1-2H3. The van der Waals surface area contributed by atoms with Gasteiger partial charge in [0.15, 0.2) is 0 Å². The maximum absolute atomic E-state index is 11.2. The molecule has 0 aliphatic rings. The van der Waals surface area contributed by atoms with Gasteiger partial charge in [0.2, 0.25) is 0 Å². The van der Waals surface area contributed by atoms with Gasteiger partial charge in [-0.3, -0.25) is 0 Å². The summed E-state index contributed by atoms with van der Waals surface area (Å²) in [6.07, 6.45) is 2.68. The third-order valence-electron chi connectivity index (χ3n) is 1.72. The van der Waals surface area contributed by atoms with E-state index in [1.165, 1.54) is 0 Å². The van der Waals surface area contributed by atoms with Crippen molar-refractivity contribution in [3.63, 3.8) is 0 Å². The maximum atomic E-state index is 11.2. The number of rotatable bonds is 5. The zero-order valence-electron chi connectivity index (χ0n) is 6.77. The Labute approximate surface area is 72.0 Å². The normalized spacial score (nSPS) is 16.8. The van der Waals surface area contributed by atoms with Gasteiger partial charge < -0.3 is 0 Å². The predicted molar refractivity (Wildman–Crippen MR) is 47.0 cm³/mol. The summed E-state index contributed by atoms with van der Waals surface area (Å²) in [5.74, 6) is 0.284. The topological polar surface area (TPSA) is 19.9 Å². The molecule has 0 saturated heterocycles. The molecule has 2 unspecified atom stereocenters. The number of unbranched alkanes of at least 4 members (excludes halogenated alkanes) is 1. The fourth-order valence-electron chi connectivity index (χ4n) is 0.789. The number of hydrogen-bond donors (Lipinski definition) is 0. The lowest BCUT2D eigenvalue weighted by Gasteiger charge is -2.12. The van der Waals surface area contributed by atoms with Gasteiger partial charge in [0.25, 0.3) is 0 Å². The van der Waals surface area contributed by atoms with Crippen molar-refractivity contribution in [3.8, 4) is 0 Å². The molecule has 0 bridgehead atoms. The van der Waals surface area contributed by atoms with Gasteiger partial charge >= 0.3 is 0 Å². The minimum absolute atomic E-state index is 0.284. The highest BCUT2D eigenvalue weighted by atomic mass is 79.9. The molecule has 1 radical (unpaired) electrons. The van der Waals surface area contributed by atoms with E-state index in [2.05, 4.69) is 22.9 Å². The molecule has 0 spiro atoms. The molecule has 0 fully saturated rings. The van der Waals surface area contributed by atoms with Crippen molar-refractivity contribution in [3.05, 3.63) is 0 Å². The molecule has 1 nitrogen and oxygen atoms in total. The first-order valence-corrected chi connectivity index (χ1v) is 5.06. The van der Waals surface area contributed by atoms with Crippen molar-refractivity contribution in [1.82, 2.24) is 0 Å². The zero-order chi connectivity index (χ0) is 7.98. The van der Waals surface area contributed by atoms with Crippen LogP contribution in [-0.4, -0.2) is 11.4 Å². The molecule has 0 heterocycles. The van der Waals surface area contributed by atoms with Crippen LogP contribution in [0, 0.1) is 5.92 Å². The zero-order valence-corrected chi connectivity index (χ0v) is 8.36. The lowest BCUT2D eigenvalue weighted by molar-refractivity contribution is 0.0429. The van der Waals surface area contributed by atoms with Gasteiger partial charge in [-0.2, -0.15) is 0 Å². The summed E-state index contributed by atoms with van der Waals surface area (Å²) in [6, 6.07) is 0. The van der Waals surface area contributed by atoms with Gasteiger partial charge in [0.05, 0.1) is 6.10 Å². The van der Waals surface area contributed by atoms with Crippen molar-refractivity contribution < 1.29 is 5.11 Å². The molecule has 0 aromatic rings. The van der Waals surface area contributed by atoms with E-state index in [4.69, 9.17) is 0 Å². The Morgan fingerprint density at radius 1 is 1.50 bits per heavy atom. The second kappa shape index (κ2) is 6.17. The molecular weight excluding hydrogens is 192 g/mol. The van der Waals surface area contributed by atoms with Crippen LogP contribution in [0.1, 0.15) is 33.1 Å². The van der Waals surface area contributed by atoms with Gasteiger partial charge in [-0.05, 0) is 12.3 Å². The van der Waals surface area contributed by atoms with Crippen molar-refractivity contribution >= 4 is 15.9 Å². The lowest BCUT2D eigenvalue weighted by Crippen LogP contribution is -2.16. The van der Waals surface area contributed by atoms with E-state index in [-0.39, 0.29) is 12.0 Å². The predicted octanol–water partition coefficient (Wildman–Crippen LogP) is 3.01. The Bertz CT molecular complexity index is 75.7. The van der Waals surface area contributed by atoms with Crippen LogP contribution >= 0.6 is 15.9 Å². The fraction of sp³-hybridized carbons (Fsp3) is 1.00. The molecule has 0 amide bonds. The molecule has 2 heteroatoms. The molecule has 61 valence electrons. The molecule has 0 saturated carbocycles. The molecule has 2 atom stereocenters. The summed E-state index contributed by atoms with van der Waals surface area (Å²) in [5.41, 5.74) is 0. The summed E-state index contributed by atoms with van der Waals surface area (Å²) >= 11 is 3.31. The van der Waals surface area contributed by atoms with Crippen LogP contribution in [0.2, 0.25) is 0 Å². The minimum Gasteiger partial charge on any atom is -0.233 e. The largest absolute Gasteiger partial charge is 0.233 e. The van der Waals surface area contributed by atoms with Crippen molar-refractivity contribution in [1.29, 1.82) is 0 Å². The van der Waals surface area contributed by atoms with Crippen molar-refractivity contribution in [2.45, 2.75) is 39.2 Å². The minimum atomic E-state index is -0.362. The highest BCUT2D eigenvalue weighted by Gasteiger charge is 2.13. The quantitative estimate of drug-likeness (QED) is 0.619. The molecule has 0 aromatic carbocycles. The van der Waals surface area contributed by atoms with E-state index in [9.17, 15) is 5.11 Å². The summed E-state index contributed by atoms with van der Waals surface area (Å²) in [5, 5.41) is 12.0. The second-order valence-corrected chi connectivity index (χ2v) is 3.46. The monoisotopic (exact) mass is 207 g/mol. The highest BCUT2D eigenvalue weighted by molar-refractivity contribution is 9.09. The van der Waals surface area contributed by atoms with Gasteiger partial charge in [0.1, 0.15) is 0 Å². The van der Waals surface area contributed by atoms with Crippen LogP contribution in [0.15, 0.2) is 0 Å². The molecule has 0 N–H and O–H groups in total. The van der Waals surface area contributed by atoms with Crippen molar-refractivity contribution in [2.75, 3.05) is 5.33 Å². The van der Waals surface area contributed by atoms with E-state index in [1.807, 2.05) is 6.92 Å². The molecule has 0 aliphatic carbocycles. The third-order valence-corrected chi connectivity index (χ3v) is 2.74. The van der Waals surface area contributed by atoms with Gasteiger partial charge in [-0.25, -0.2) is 5.11 Å². The Kier molecular flexibility index (Phi) is 6.44. The first-order valence-electron chi connectivity index (χ1n) is 3.94. The molecule has 0 aromatic heterocycles. The fourth-order valence-corrected chi connectivity index (χ4v) is 1.21. The Hall–Kier alpha value is 0.440. The van der Waals surface area contributed by atoms with Crippen molar-refractivity contribution in [2.24, 2.45) is 5.92 Å². The van der Waals surface area contributed by atoms with Gasteiger partial charge in [0, 0.05) is 5.33 Å². The average molecular weight is 208 g/mol. The molecular formula is C8H16BrO. The molecule has 10 heavy (non-hydrogen) atoms. The summed E-state index contributed by atoms with van der Waals surface area (Å²) in [4.78, 5) is 0.